The molecule has 1 heterocycles. The number of aromatic nitrogens is 2. The Morgan fingerprint density at radius 1 is 1.27 bits per heavy atom. The van der Waals surface area contributed by atoms with E-state index >= 15 is 0 Å². The Kier molecular flexibility index (Phi) is 3.77. The molecule has 0 unspecified atom stereocenters. The second-order valence-electron chi connectivity index (χ2n) is 4.67. The smallest absolute Gasteiger partial charge is 0.127 e. The summed E-state index contributed by atoms with van der Waals surface area (Å²) in [4.78, 5) is 4.66. The van der Waals surface area contributed by atoms with Gasteiger partial charge in [0, 0.05) is 12.5 Å². The molecule has 86 valence electrons. The van der Waals surface area contributed by atoms with Gasteiger partial charge in [0.25, 0.3) is 0 Å². The highest BCUT2D eigenvalue weighted by atomic mass is 15.2. The quantitative estimate of drug-likeness (QED) is 0.828. The van der Waals surface area contributed by atoms with E-state index in [4.69, 9.17) is 5.73 Å². The molecular weight excluding hydrogens is 186 g/mol. The Balaban J connectivity index is 3.20. The summed E-state index contributed by atoms with van der Waals surface area (Å²) in [5, 5.41) is 0. The minimum atomic E-state index is 0.395. The lowest BCUT2D eigenvalue weighted by Gasteiger charge is -2.13. The van der Waals surface area contributed by atoms with E-state index in [-0.39, 0.29) is 0 Å². The first-order valence-corrected chi connectivity index (χ1v) is 5.85. The van der Waals surface area contributed by atoms with Crippen molar-refractivity contribution in [3.63, 3.8) is 0 Å². The van der Waals surface area contributed by atoms with Gasteiger partial charge in [-0.1, -0.05) is 20.8 Å². The lowest BCUT2D eigenvalue weighted by atomic mass is 10.1. The maximum absolute atomic E-state index is 6.14. The lowest BCUT2D eigenvalue weighted by Crippen LogP contribution is -2.09. The molecule has 0 aliphatic heterocycles. The third kappa shape index (κ3) is 2.33. The van der Waals surface area contributed by atoms with Crippen molar-refractivity contribution in [2.75, 3.05) is 5.73 Å². The van der Waals surface area contributed by atoms with Crippen LogP contribution in [0.1, 0.15) is 64.5 Å². The maximum Gasteiger partial charge on any atom is 0.127 e. The highest BCUT2D eigenvalue weighted by Crippen LogP contribution is 2.26. The van der Waals surface area contributed by atoms with Crippen molar-refractivity contribution in [1.82, 2.24) is 9.55 Å². The Morgan fingerprint density at radius 3 is 2.27 bits per heavy atom. The van der Waals surface area contributed by atoms with E-state index in [1.807, 2.05) is 0 Å². The van der Waals surface area contributed by atoms with Gasteiger partial charge in [-0.25, -0.2) is 4.98 Å². The molecule has 0 aliphatic rings. The summed E-state index contributed by atoms with van der Waals surface area (Å²) in [6, 6.07) is 0.395. The van der Waals surface area contributed by atoms with Gasteiger partial charge in [0.05, 0.1) is 5.69 Å². The van der Waals surface area contributed by atoms with E-state index in [1.54, 1.807) is 0 Å². The van der Waals surface area contributed by atoms with Gasteiger partial charge >= 0.3 is 0 Å². The zero-order chi connectivity index (χ0) is 11.6. The number of nitrogen functional groups attached to an aromatic ring is 1. The fourth-order valence-electron chi connectivity index (χ4n) is 1.91. The predicted molar refractivity (Wildman–Crippen MR) is 65.1 cm³/mol. The Hall–Kier alpha value is -0.990. The number of imidazole rings is 1. The molecule has 1 rings (SSSR count). The molecule has 3 heteroatoms. The lowest BCUT2D eigenvalue weighted by molar-refractivity contribution is 0.571. The number of rotatable bonds is 4. The van der Waals surface area contributed by atoms with Gasteiger partial charge in [-0.15, -0.1) is 0 Å². The fraction of sp³-hybridized carbons (Fsp3) is 0.750. The van der Waals surface area contributed by atoms with Crippen molar-refractivity contribution >= 4 is 5.82 Å². The molecule has 1 aromatic heterocycles. The SMILES string of the molecule is CCCc1nc(C(C)C)c(N)n1C(C)C. The number of anilines is 1. The van der Waals surface area contributed by atoms with Crippen molar-refractivity contribution < 1.29 is 0 Å². The summed E-state index contributed by atoms with van der Waals surface area (Å²) in [6.45, 7) is 10.8. The van der Waals surface area contributed by atoms with E-state index in [0.29, 0.717) is 12.0 Å². The number of nitrogens with zero attached hydrogens (tertiary/aromatic N) is 2. The van der Waals surface area contributed by atoms with Gasteiger partial charge in [-0.05, 0) is 26.2 Å². The number of hydrogen-bond donors (Lipinski definition) is 1. The second kappa shape index (κ2) is 4.69. The molecule has 1 aromatic rings. The zero-order valence-corrected chi connectivity index (χ0v) is 10.5. The van der Waals surface area contributed by atoms with Crippen LogP contribution in [-0.4, -0.2) is 9.55 Å². The largest absolute Gasteiger partial charge is 0.384 e. The molecule has 3 nitrogen and oxygen atoms in total. The third-order valence-corrected chi connectivity index (χ3v) is 2.59. The van der Waals surface area contributed by atoms with Crippen LogP contribution >= 0.6 is 0 Å². The molecule has 0 aromatic carbocycles. The van der Waals surface area contributed by atoms with E-state index in [2.05, 4.69) is 44.2 Å². The summed E-state index contributed by atoms with van der Waals surface area (Å²) in [7, 11) is 0. The molecule has 0 saturated carbocycles. The summed E-state index contributed by atoms with van der Waals surface area (Å²) in [5.74, 6) is 2.39. The van der Waals surface area contributed by atoms with Crippen LogP contribution in [0, 0.1) is 0 Å². The molecule has 15 heavy (non-hydrogen) atoms. The predicted octanol–water partition coefficient (Wildman–Crippen LogP) is 3.12. The highest BCUT2D eigenvalue weighted by Gasteiger charge is 2.17. The van der Waals surface area contributed by atoms with Crippen LogP contribution in [0.4, 0.5) is 5.82 Å². The van der Waals surface area contributed by atoms with Crippen LogP contribution in [0.15, 0.2) is 0 Å². The van der Waals surface area contributed by atoms with Crippen LogP contribution in [0.25, 0.3) is 0 Å². The first-order valence-electron chi connectivity index (χ1n) is 5.85. The summed E-state index contributed by atoms with van der Waals surface area (Å²) >= 11 is 0. The van der Waals surface area contributed by atoms with Gasteiger partial charge in [-0.3, -0.25) is 0 Å². The molecular formula is C12H23N3. The van der Waals surface area contributed by atoms with Crippen molar-refractivity contribution in [3.8, 4) is 0 Å². The molecule has 0 amide bonds. The highest BCUT2D eigenvalue weighted by molar-refractivity contribution is 5.40. The summed E-state index contributed by atoms with van der Waals surface area (Å²) < 4.78 is 2.17. The van der Waals surface area contributed by atoms with E-state index in [1.165, 1.54) is 0 Å². The van der Waals surface area contributed by atoms with Gasteiger partial charge in [-0.2, -0.15) is 0 Å². The fourth-order valence-corrected chi connectivity index (χ4v) is 1.91. The van der Waals surface area contributed by atoms with Crippen molar-refractivity contribution in [2.45, 2.75) is 59.4 Å². The van der Waals surface area contributed by atoms with Gasteiger partial charge < -0.3 is 10.3 Å². The standard InChI is InChI=1S/C12H23N3/c1-6-7-10-14-11(8(2)3)12(13)15(10)9(4)5/h8-9H,6-7,13H2,1-5H3. The monoisotopic (exact) mass is 209 g/mol. The Labute approximate surface area is 92.7 Å². The van der Waals surface area contributed by atoms with Gasteiger partial charge in [0.1, 0.15) is 11.6 Å². The molecule has 0 bridgehead atoms. The first-order chi connectivity index (χ1) is 6.99. The van der Waals surface area contributed by atoms with Gasteiger partial charge in [0.2, 0.25) is 0 Å². The number of nitrogens with two attached hydrogens (primary N) is 1. The average Bonchev–Trinajstić information content (AvgIpc) is 2.43. The molecule has 0 fully saturated rings. The molecule has 0 radical (unpaired) electrons. The topological polar surface area (TPSA) is 43.8 Å². The molecule has 0 spiro atoms. The van der Waals surface area contributed by atoms with Gasteiger partial charge in [0.15, 0.2) is 0 Å². The first kappa shape index (κ1) is 12.1. The Bertz CT molecular complexity index is 324. The van der Waals surface area contributed by atoms with E-state index < -0.39 is 0 Å². The van der Waals surface area contributed by atoms with Crippen LogP contribution in [0.3, 0.4) is 0 Å². The second-order valence-corrected chi connectivity index (χ2v) is 4.67. The molecule has 0 aliphatic carbocycles. The van der Waals surface area contributed by atoms with Crippen LogP contribution in [-0.2, 0) is 6.42 Å². The normalized spacial score (nSPS) is 11.7. The van der Waals surface area contributed by atoms with Crippen LogP contribution in [0.5, 0.6) is 0 Å². The minimum Gasteiger partial charge on any atom is -0.384 e. The molecule has 0 atom stereocenters. The average molecular weight is 209 g/mol. The van der Waals surface area contributed by atoms with Crippen molar-refractivity contribution in [2.24, 2.45) is 0 Å². The third-order valence-electron chi connectivity index (χ3n) is 2.59. The van der Waals surface area contributed by atoms with Crippen LogP contribution < -0.4 is 5.73 Å². The number of hydrogen-bond acceptors (Lipinski definition) is 2. The minimum absolute atomic E-state index is 0.395. The van der Waals surface area contributed by atoms with Crippen molar-refractivity contribution in [1.29, 1.82) is 0 Å². The van der Waals surface area contributed by atoms with Crippen LogP contribution in [0.2, 0.25) is 0 Å². The maximum atomic E-state index is 6.14. The molecule has 0 saturated heterocycles. The van der Waals surface area contributed by atoms with E-state index in [9.17, 15) is 0 Å². The summed E-state index contributed by atoms with van der Waals surface area (Å²) in [6.07, 6.45) is 2.12. The van der Waals surface area contributed by atoms with Crippen molar-refractivity contribution in [3.05, 3.63) is 11.5 Å². The van der Waals surface area contributed by atoms with E-state index in [0.717, 1.165) is 30.2 Å². The zero-order valence-electron chi connectivity index (χ0n) is 10.5. The Morgan fingerprint density at radius 2 is 1.87 bits per heavy atom. The summed E-state index contributed by atoms with van der Waals surface area (Å²) in [5.41, 5.74) is 7.19. The molecule has 2 N–H and O–H groups in total. The number of aryl methyl sites for hydroxylation is 1.